The molecular weight excluding hydrogens is 373 g/mol. The van der Waals surface area contributed by atoms with Gasteiger partial charge in [-0.3, -0.25) is 19.7 Å². The second-order valence-electron chi connectivity index (χ2n) is 7.14. The molecule has 9 heteroatoms. The first-order chi connectivity index (χ1) is 13.4. The van der Waals surface area contributed by atoms with E-state index < -0.39 is 23.4 Å². The Bertz CT molecular complexity index is 840. The fraction of sp³-hybridized carbons (Fsp3) is 0.421. The van der Waals surface area contributed by atoms with E-state index in [0.717, 1.165) is 22.7 Å². The van der Waals surface area contributed by atoms with Crippen molar-refractivity contribution >= 4 is 11.6 Å². The average Bonchev–Trinajstić information content (AvgIpc) is 2.68. The van der Waals surface area contributed by atoms with Crippen molar-refractivity contribution in [3.8, 4) is 0 Å². The summed E-state index contributed by atoms with van der Waals surface area (Å²) in [5.74, 6) is -1.92. The third kappa shape index (κ3) is 3.72. The summed E-state index contributed by atoms with van der Waals surface area (Å²) in [5, 5.41) is 0. The summed E-state index contributed by atoms with van der Waals surface area (Å²) in [6.45, 7) is 1.63. The van der Waals surface area contributed by atoms with Crippen LogP contribution in [-0.2, 0) is 16.1 Å². The third-order valence-corrected chi connectivity index (χ3v) is 5.19. The van der Waals surface area contributed by atoms with Gasteiger partial charge in [-0.25, -0.2) is 4.39 Å². The molecule has 0 aliphatic carbocycles. The van der Waals surface area contributed by atoms with E-state index in [0.29, 0.717) is 32.5 Å². The topological polar surface area (TPSA) is 58.6 Å². The first kappa shape index (κ1) is 18.8. The number of nitrogens with zero attached hydrogens (tertiary/aromatic N) is 4. The zero-order valence-corrected chi connectivity index (χ0v) is 15.0. The molecule has 0 bridgehead atoms. The average molecular weight is 392 g/mol. The summed E-state index contributed by atoms with van der Waals surface area (Å²) in [5.41, 5.74) is -0.114. The van der Waals surface area contributed by atoms with Gasteiger partial charge < -0.3 is 9.64 Å². The summed E-state index contributed by atoms with van der Waals surface area (Å²) in [6.07, 6.45) is 1.64. The minimum Gasteiger partial charge on any atom is -0.304 e. The van der Waals surface area contributed by atoms with Crippen LogP contribution in [0.3, 0.4) is 0 Å². The number of hydrogen-bond donors (Lipinski definition) is 0. The lowest BCUT2D eigenvalue weighted by molar-refractivity contribution is -0.293. The van der Waals surface area contributed by atoms with Gasteiger partial charge in [0, 0.05) is 43.9 Å². The number of likely N-dealkylation sites (tertiary alicyclic amines) is 1. The molecule has 1 aromatic carbocycles. The van der Waals surface area contributed by atoms with Crippen LogP contribution in [0.2, 0.25) is 0 Å². The predicted octanol–water partition coefficient (Wildman–Crippen LogP) is 2.61. The van der Waals surface area contributed by atoms with Gasteiger partial charge in [0.15, 0.2) is 0 Å². The highest BCUT2D eigenvalue weighted by molar-refractivity contribution is 5.98. The minimum absolute atomic E-state index is 0.00599. The van der Waals surface area contributed by atoms with Gasteiger partial charge in [-0.1, -0.05) is 0 Å². The smallest absolute Gasteiger partial charge is 0.304 e. The number of ether oxygens (including phenoxy) is 1. The van der Waals surface area contributed by atoms with Gasteiger partial charge in [-0.05, 0) is 37.1 Å². The monoisotopic (exact) mass is 392 g/mol. The lowest BCUT2D eigenvalue weighted by Crippen LogP contribution is -2.64. The number of piperidine rings is 1. The Kier molecular flexibility index (Phi) is 4.80. The molecule has 2 aliphatic heterocycles. The van der Waals surface area contributed by atoms with Gasteiger partial charge in [0.1, 0.15) is 5.82 Å². The van der Waals surface area contributed by atoms with Gasteiger partial charge >= 0.3 is 12.0 Å². The van der Waals surface area contributed by atoms with Crippen molar-refractivity contribution in [1.29, 1.82) is 0 Å². The van der Waals surface area contributed by atoms with E-state index in [1.807, 2.05) is 0 Å². The largest absolute Gasteiger partial charge is 0.437 e. The molecule has 0 N–H and O–H groups in total. The number of rotatable bonds is 3. The van der Waals surface area contributed by atoms with Crippen molar-refractivity contribution in [3.05, 3.63) is 54.4 Å². The lowest BCUT2D eigenvalue weighted by atomic mass is 9.88. The standard InChI is InChI=1S/C19H19F3N4O2/c20-14-1-3-16(4-2-14)26-13-18(28-19(21,22)17(26)27)5-9-25(10-6-18)12-15-11-23-7-8-24-15/h1-4,7-8,11H,5-6,9-10,12-13H2. The number of aromatic nitrogens is 2. The number of benzene rings is 1. The van der Waals surface area contributed by atoms with Crippen molar-refractivity contribution in [3.63, 3.8) is 0 Å². The molecular formula is C19H19F3N4O2. The highest BCUT2D eigenvalue weighted by Gasteiger charge is 2.57. The number of morpholine rings is 1. The molecule has 0 unspecified atom stereocenters. The molecule has 2 fully saturated rings. The maximum atomic E-state index is 14.4. The van der Waals surface area contributed by atoms with Gasteiger partial charge in [0.2, 0.25) is 0 Å². The molecule has 2 saturated heterocycles. The van der Waals surface area contributed by atoms with Crippen LogP contribution in [0.1, 0.15) is 18.5 Å². The number of anilines is 1. The number of amides is 1. The van der Waals surface area contributed by atoms with Crippen LogP contribution in [0.5, 0.6) is 0 Å². The highest BCUT2D eigenvalue weighted by atomic mass is 19.3. The Hall–Kier alpha value is -2.52. The molecule has 2 aliphatic rings. The minimum atomic E-state index is -3.92. The fourth-order valence-electron chi connectivity index (χ4n) is 3.71. The maximum absolute atomic E-state index is 14.4. The van der Waals surface area contributed by atoms with Crippen LogP contribution in [0.4, 0.5) is 18.9 Å². The Labute approximate surface area is 159 Å². The lowest BCUT2D eigenvalue weighted by Gasteiger charge is -2.48. The van der Waals surface area contributed by atoms with Gasteiger partial charge in [0.05, 0.1) is 17.8 Å². The normalized spacial score (nSPS) is 21.8. The van der Waals surface area contributed by atoms with Crippen molar-refractivity contribution in [2.24, 2.45) is 0 Å². The van der Waals surface area contributed by atoms with Crippen molar-refractivity contribution in [2.45, 2.75) is 31.1 Å². The van der Waals surface area contributed by atoms with E-state index in [1.165, 1.54) is 12.1 Å². The summed E-state index contributed by atoms with van der Waals surface area (Å²) in [6, 6.07) is 4.94. The SMILES string of the molecule is O=C1N(c2ccc(F)cc2)CC2(CCN(Cc3cnccn3)CC2)OC1(F)F. The van der Waals surface area contributed by atoms with E-state index in [9.17, 15) is 18.0 Å². The number of carbonyl (C=O) groups is 1. The zero-order valence-electron chi connectivity index (χ0n) is 15.0. The molecule has 1 aromatic heterocycles. The molecule has 0 saturated carbocycles. The summed E-state index contributed by atoms with van der Waals surface area (Å²) < 4.78 is 47.0. The third-order valence-electron chi connectivity index (χ3n) is 5.19. The molecule has 3 heterocycles. The van der Waals surface area contributed by atoms with Crippen LogP contribution in [0, 0.1) is 5.82 Å². The molecule has 6 nitrogen and oxygen atoms in total. The highest BCUT2D eigenvalue weighted by Crippen LogP contribution is 2.40. The van der Waals surface area contributed by atoms with E-state index >= 15 is 0 Å². The molecule has 4 rings (SSSR count). The van der Waals surface area contributed by atoms with E-state index in [4.69, 9.17) is 4.74 Å². The first-order valence-corrected chi connectivity index (χ1v) is 9.00. The van der Waals surface area contributed by atoms with Crippen LogP contribution < -0.4 is 4.90 Å². The predicted molar refractivity (Wildman–Crippen MR) is 94.1 cm³/mol. The van der Waals surface area contributed by atoms with Crippen LogP contribution in [-0.4, -0.2) is 52.1 Å². The summed E-state index contributed by atoms with van der Waals surface area (Å²) in [4.78, 5) is 23.5. The molecule has 2 aromatic rings. The molecule has 148 valence electrons. The quantitative estimate of drug-likeness (QED) is 0.804. The molecule has 28 heavy (non-hydrogen) atoms. The van der Waals surface area contributed by atoms with Gasteiger partial charge in [-0.2, -0.15) is 8.78 Å². The number of alkyl halides is 2. The summed E-state index contributed by atoms with van der Waals surface area (Å²) >= 11 is 0. The fourth-order valence-corrected chi connectivity index (χ4v) is 3.71. The molecule has 0 radical (unpaired) electrons. The van der Waals surface area contributed by atoms with Gasteiger partial charge in [0.25, 0.3) is 0 Å². The molecule has 0 atom stereocenters. The number of halogens is 3. The Morgan fingerprint density at radius 1 is 1.11 bits per heavy atom. The number of carbonyl (C=O) groups excluding carboxylic acids is 1. The van der Waals surface area contributed by atoms with Gasteiger partial charge in [-0.15, -0.1) is 0 Å². The van der Waals surface area contributed by atoms with Crippen molar-refractivity contribution < 1.29 is 22.7 Å². The molecule has 1 spiro atoms. The Morgan fingerprint density at radius 2 is 1.82 bits per heavy atom. The maximum Gasteiger partial charge on any atom is 0.437 e. The second-order valence-corrected chi connectivity index (χ2v) is 7.14. The van der Waals surface area contributed by atoms with E-state index in [2.05, 4.69) is 14.9 Å². The van der Waals surface area contributed by atoms with Crippen LogP contribution >= 0.6 is 0 Å². The van der Waals surface area contributed by atoms with E-state index in [1.54, 1.807) is 18.6 Å². The Balaban J connectivity index is 1.50. The number of hydrogen-bond acceptors (Lipinski definition) is 5. The molecule has 1 amide bonds. The second kappa shape index (κ2) is 7.14. The zero-order chi connectivity index (χ0) is 19.8. The first-order valence-electron chi connectivity index (χ1n) is 9.00. The summed E-state index contributed by atoms with van der Waals surface area (Å²) in [7, 11) is 0. The van der Waals surface area contributed by atoms with Crippen LogP contribution in [0.25, 0.3) is 0 Å². The Morgan fingerprint density at radius 3 is 2.46 bits per heavy atom. The van der Waals surface area contributed by atoms with E-state index in [-0.39, 0.29) is 12.2 Å². The van der Waals surface area contributed by atoms with Crippen molar-refractivity contribution in [2.75, 3.05) is 24.5 Å². The van der Waals surface area contributed by atoms with Crippen LogP contribution in [0.15, 0.2) is 42.9 Å². The van der Waals surface area contributed by atoms with Crippen molar-refractivity contribution in [1.82, 2.24) is 14.9 Å².